The van der Waals surface area contributed by atoms with Gasteiger partial charge in [-0.15, -0.1) is 0 Å². The highest BCUT2D eigenvalue weighted by Crippen LogP contribution is 2.09. The van der Waals surface area contributed by atoms with E-state index in [1.54, 1.807) is 0 Å². The average molecular weight is 201 g/mol. The highest BCUT2D eigenvalue weighted by atomic mass is 16.5. The van der Waals surface area contributed by atoms with E-state index < -0.39 is 6.04 Å². The normalized spacial score (nSPS) is 15.3. The molecule has 0 saturated carbocycles. The first kappa shape index (κ1) is 13.4. The largest absolute Gasteiger partial charge is 0.461 e. The van der Waals surface area contributed by atoms with Crippen molar-refractivity contribution in [2.75, 3.05) is 0 Å². The van der Waals surface area contributed by atoms with E-state index in [0.29, 0.717) is 0 Å². The molecule has 2 N–H and O–H groups in total. The van der Waals surface area contributed by atoms with Gasteiger partial charge in [-0.2, -0.15) is 0 Å². The lowest BCUT2D eigenvalue weighted by Crippen LogP contribution is -2.38. The maximum Gasteiger partial charge on any atom is 0.323 e. The maximum absolute atomic E-state index is 11.5. The Labute approximate surface area is 87.0 Å². The molecular weight excluding hydrogens is 178 g/mol. The fraction of sp³-hybridized carbons (Fsp3) is 0.909. The molecule has 0 radical (unpaired) electrons. The van der Waals surface area contributed by atoms with Crippen molar-refractivity contribution in [3.63, 3.8) is 0 Å². The number of nitrogens with two attached hydrogens (primary N) is 1. The summed E-state index contributed by atoms with van der Waals surface area (Å²) in [5.74, 6) is -0.123. The minimum Gasteiger partial charge on any atom is -0.461 e. The number of esters is 1. The molecule has 0 aromatic carbocycles. The molecule has 0 aromatic heterocycles. The zero-order chi connectivity index (χ0) is 11.1. The molecule has 0 aliphatic carbocycles. The van der Waals surface area contributed by atoms with Gasteiger partial charge in [-0.05, 0) is 18.8 Å². The van der Waals surface area contributed by atoms with Gasteiger partial charge in [0.25, 0.3) is 0 Å². The summed E-state index contributed by atoms with van der Waals surface area (Å²) < 4.78 is 5.30. The number of ether oxygens (including phenoxy) is 1. The van der Waals surface area contributed by atoms with Crippen LogP contribution in [0.2, 0.25) is 0 Å². The van der Waals surface area contributed by atoms with Crippen LogP contribution in [0.5, 0.6) is 0 Å². The molecule has 0 saturated heterocycles. The Bertz CT molecular complexity index is 169. The van der Waals surface area contributed by atoms with Crippen LogP contribution in [0.25, 0.3) is 0 Å². The monoisotopic (exact) mass is 201 g/mol. The SMILES string of the molecule is CCCC(CC)OC(=O)C(N)C(C)C. The van der Waals surface area contributed by atoms with E-state index in [1.165, 1.54) is 0 Å². The second-order valence-electron chi connectivity index (χ2n) is 4.03. The first-order valence-electron chi connectivity index (χ1n) is 5.48. The van der Waals surface area contributed by atoms with Crippen LogP contribution in [0.15, 0.2) is 0 Å². The molecule has 0 amide bonds. The van der Waals surface area contributed by atoms with Gasteiger partial charge < -0.3 is 10.5 Å². The lowest BCUT2D eigenvalue weighted by atomic mass is 10.1. The lowest BCUT2D eigenvalue weighted by Gasteiger charge is -2.20. The van der Waals surface area contributed by atoms with Gasteiger partial charge in [-0.25, -0.2) is 0 Å². The van der Waals surface area contributed by atoms with Gasteiger partial charge in [0.05, 0.1) is 0 Å². The predicted molar refractivity (Wildman–Crippen MR) is 57.9 cm³/mol. The smallest absolute Gasteiger partial charge is 0.323 e. The Kier molecular flexibility index (Phi) is 6.54. The van der Waals surface area contributed by atoms with Gasteiger partial charge in [-0.1, -0.05) is 34.1 Å². The Morgan fingerprint density at radius 1 is 1.36 bits per heavy atom. The van der Waals surface area contributed by atoms with E-state index in [0.717, 1.165) is 19.3 Å². The van der Waals surface area contributed by atoms with E-state index in [4.69, 9.17) is 10.5 Å². The van der Waals surface area contributed by atoms with Gasteiger partial charge >= 0.3 is 5.97 Å². The van der Waals surface area contributed by atoms with Crippen LogP contribution in [0.1, 0.15) is 47.0 Å². The molecule has 0 spiro atoms. The standard InChI is InChI=1S/C11H23NO2/c1-5-7-9(6-2)14-11(13)10(12)8(3)4/h8-10H,5-7,12H2,1-4H3. The molecule has 0 aliphatic heterocycles. The second kappa shape index (κ2) is 6.82. The molecule has 3 heteroatoms. The molecule has 0 bridgehead atoms. The van der Waals surface area contributed by atoms with Gasteiger partial charge in [0, 0.05) is 0 Å². The van der Waals surface area contributed by atoms with Crippen molar-refractivity contribution in [1.82, 2.24) is 0 Å². The van der Waals surface area contributed by atoms with Gasteiger partial charge in [0.2, 0.25) is 0 Å². The average Bonchev–Trinajstić information content (AvgIpc) is 2.15. The van der Waals surface area contributed by atoms with Crippen molar-refractivity contribution in [3.8, 4) is 0 Å². The summed E-state index contributed by atoms with van der Waals surface area (Å²) in [6.45, 7) is 7.95. The third kappa shape index (κ3) is 4.61. The van der Waals surface area contributed by atoms with Crippen molar-refractivity contribution < 1.29 is 9.53 Å². The summed E-state index contributed by atoms with van der Waals surface area (Å²) in [4.78, 5) is 11.5. The molecule has 0 heterocycles. The number of carbonyl (C=O) groups is 1. The second-order valence-corrected chi connectivity index (χ2v) is 4.03. The maximum atomic E-state index is 11.5. The minimum absolute atomic E-state index is 0.0392. The molecule has 2 unspecified atom stereocenters. The van der Waals surface area contributed by atoms with Crippen LogP contribution in [-0.2, 0) is 9.53 Å². The van der Waals surface area contributed by atoms with Crippen molar-refractivity contribution >= 4 is 5.97 Å². The molecule has 14 heavy (non-hydrogen) atoms. The van der Waals surface area contributed by atoms with Crippen molar-refractivity contribution in [1.29, 1.82) is 0 Å². The first-order chi connectivity index (χ1) is 6.52. The zero-order valence-electron chi connectivity index (χ0n) is 9.75. The van der Waals surface area contributed by atoms with Crippen molar-refractivity contribution in [2.45, 2.75) is 59.1 Å². The van der Waals surface area contributed by atoms with E-state index >= 15 is 0 Å². The highest BCUT2D eigenvalue weighted by Gasteiger charge is 2.21. The quantitative estimate of drug-likeness (QED) is 0.669. The highest BCUT2D eigenvalue weighted by molar-refractivity contribution is 5.75. The van der Waals surface area contributed by atoms with E-state index in [2.05, 4.69) is 6.92 Å². The van der Waals surface area contributed by atoms with E-state index in [9.17, 15) is 4.79 Å². The Morgan fingerprint density at radius 2 is 1.93 bits per heavy atom. The Balaban J connectivity index is 4.01. The molecule has 0 aliphatic rings. The van der Waals surface area contributed by atoms with Crippen LogP contribution in [0.3, 0.4) is 0 Å². The summed E-state index contributed by atoms with van der Waals surface area (Å²) in [6.07, 6.45) is 2.86. The molecular formula is C11H23NO2. The van der Waals surface area contributed by atoms with Crippen LogP contribution in [0.4, 0.5) is 0 Å². The van der Waals surface area contributed by atoms with Crippen LogP contribution in [0, 0.1) is 5.92 Å². The van der Waals surface area contributed by atoms with Crippen molar-refractivity contribution in [3.05, 3.63) is 0 Å². The summed E-state index contributed by atoms with van der Waals surface area (Å²) in [5, 5.41) is 0. The molecule has 0 aromatic rings. The topological polar surface area (TPSA) is 52.3 Å². The summed E-state index contributed by atoms with van der Waals surface area (Å²) in [7, 11) is 0. The van der Waals surface area contributed by atoms with Gasteiger partial charge in [0.1, 0.15) is 12.1 Å². The first-order valence-corrected chi connectivity index (χ1v) is 5.48. The third-order valence-corrected chi connectivity index (χ3v) is 2.34. The molecule has 0 fully saturated rings. The van der Waals surface area contributed by atoms with Gasteiger partial charge in [-0.3, -0.25) is 4.79 Å². The Morgan fingerprint density at radius 3 is 2.29 bits per heavy atom. The molecule has 2 atom stereocenters. The summed E-state index contributed by atoms with van der Waals surface area (Å²) in [5.41, 5.74) is 5.68. The number of rotatable bonds is 6. The van der Waals surface area contributed by atoms with Gasteiger partial charge in [0.15, 0.2) is 0 Å². The fourth-order valence-corrected chi connectivity index (χ4v) is 1.18. The van der Waals surface area contributed by atoms with E-state index in [-0.39, 0.29) is 18.0 Å². The van der Waals surface area contributed by atoms with Crippen LogP contribution >= 0.6 is 0 Å². The van der Waals surface area contributed by atoms with Crippen LogP contribution < -0.4 is 5.73 Å². The number of carbonyl (C=O) groups excluding carboxylic acids is 1. The molecule has 3 nitrogen and oxygen atoms in total. The predicted octanol–water partition coefficient (Wildman–Crippen LogP) is 2.09. The van der Waals surface area contributed by atoms with Crippen molar-refractivity contribution in [2.24, 2.45) is 11.7 Å². The lowest BCUT2D eigenvalue weighted by molar-refractivity contribution is -0.152. The minimum atomic E-state index is -0.485. The molecule has 0 rings (SSSR count). The fourth-order valence-electron chi connectivity index (χ4n) is 1.18. The Hall–Kier alpha value is -0.570. The van der Waals surface area contributed by atoms with E-state index in [1.807, 2.05) is 20.8 Å². The number of hydrogen-bond donors (Lipinski definition) is 1. The molecule has 84 valence electrons. The third-order valence-electron chi connectivity index (χ3n) is 2.34. The van der Waals surface area contributed by atoms with Crippen LogP contribution in [-0.4, -0.2) is 18.1 Å². The summed E-state index contributed by atoms with van der Waals surface area (Å²) >= 11 is 0. The number of hydrogen-bond acceptors (Lipinski definition) is 3. The zero-order valence-corrected chi connectivity index (χ0v) is 9.75. The summed E-state index contributed by atoms with van der Waals surface area (Å²) in [6, 6.07) is -0.485.